The van der Waals surface area contributed by atoms with Crippen molar-refractivity contribution in [3.05, 3.63) is 35.9 Å². The number of amides is 1. The third-order valence-electron chi connectivity index (χ3n) is 2.59. The first kappa shape index (κ1) is 12.4. The number of carbonyl (C=O) groups excluding carboxylic acids is 1. The number of nitrogens with zero attached hydrogens (tertiary/aromatic N) is 1. The summed E-state index contributed by atoms with van der Waals surface area (Å²) < 4.78 is 5.37. The van der Waals surface area contributed by atoms with Gasteiger partial charge in [0, 0.05) is 12.8 Å². The molecule has 0 unspecified atom stereocenters. The molecule has 0 bridgehead atoms. The highest BCUT2D eigenvalue weighted by molar-refractivity contribution is 6.02. The van der Waals surface area contributed by atoms with Gasteiger partial charge < -0.3 is 4.74 Å². The Morgan fingerprint density at radius 1 is 1.28 bits per heavy atom. The van der Waals surface area contributed by atoms with Crippen molar-refractivity contribution in [1.82, 2.24) is 5.43 Å². The molecular weight excluding hydrogens is 228 g/mol. The fraction of sp³-hybridized carbons (Fsp3) is 0.286. The zero-order valence-corrected chi connectivity index (χ0v) is 10.3. The van der Waals surface area contributed by atoms with Crippen LogP contribution in [-0.4, -0.2) is 18.2 Å². The van der Waals surface area contributed by atoms with Crippen LogP contribution in [0.15, 0.2) is 35.4 Å². The Morgan fingerprint density at radius 2 is 2.06 bits per heavy atom. The number of allylic oxidation sites excluding steroid dienone is 1. The van der Waals surface area contributed by atoms with Crippen molar-refractivity contribution in [2.75, 3.05) is 6.61 Å². The number of nitrogens with one attached hydrogen (secondary N) is 1. The molecule has 0 fully saturated rings. The van der Waals surface area contributed by atoms with E-state index >= 15 is 0 Å². The molecule has 1 aromatic rings. The van der Waals surface area contributed by atoms with E-state index in [9.17, 15) is 4.79 Å². The summed E-state index contributed by atoms with van der Waals surface area (Å²) in [7, 11) is 0. The highest BCUT2D eigenvalue weighted by Gasteiger charge is 2.08. The molecule has 0 saturated heterocycles. The molecule has 0 atom stereocenters. The summed E-state index contributed by atoms with van der Waals surface area (Å²) in [5.74, 6) is 0.852. The SMILES string of the molecule is CCOc1ccc(C=CC2=NNC(=O)CC2)cc1. The largest absolute Gasteiger partial charge is 0.494 e. The van der Waals surface area contributed by atoms with Crippen LogP contribution in [0.2, 0.25) is 0 Å². The zero-order valence-electron chi connectivity index (χ0n) is 10.3. The summed E-state index contributed by atoms with van der Waals surface area (Å²) in [5, 5.41) is 3.98. The molecule has 1 amide bonds. The van der Waals surface area contributed by atoms with Crippen LogP contribution >= 0.6 is 0 Å². The predicted octanol–water partition coefficient (Wildman–Crippen LogP) is 2.36. The fourth-order valence-electron chi connectivity index (χ4n) is 1.64. The summed E-state index contributed by atoms with van der Waals surface area (Å²) in [6.07, 6.45) is 5.10. The molecule has 2 rings (SSSR count). The van der Waals surface area contributed by atoms with Gasteiger partial charge in [0.15, 0.2) is 0 Å². The van der Waals surface area contributed by atoms with Gasteiger partial charge in [-0.3, -0.25) is 4.79 Å². The third kappa shape index (κ3) is 3.45. The van der Waals surface area contributed by atoms with E-state index < -0.39 is 0 Å². The molecule has 0 saturated carbocycles. The minimum atomic E-state index is -0.0202. The van der Waals surface area contributed by atoms with Crippen LogP contribution in [0.25, 0.3) is 6.08 Å². The van der Waals surface area contributed by atoms with Crippen LogP contribution in [0.5, 0.6) is 5.75 Å². The summed E-state index contributed by atoms with van der Waals surface area (Å²) in [6.45, 7) is 2.63. The second-order valence-electron chi connectivity index (χ2n) is 3.97. The molecule has 1 heterocycles. The van der Waals surface area contributed by atoms with E-state index in [-0.39, 0.29) is 5.91 Å². The number of hydrogen-bond acceptors (Lipinski definition) is 3. The lowest BCUT2D eigenvalue weighted by Gasteiger charge is -2.08. The van der Waals surface area contributed by atoms with Crippen molar-refractivity contribution in [1.29, 1.82) is 0 Å². The average Bonchev–Trinajstić information content (AvgIpc) is 2.40. The second-order valence-corrected chi connectivity index (χ2v) is 3.97. The maximum Gasteiger partial charge on any atom is 0.240 e. The van der Waals surface area contributed by atoms with Crippen LogP contribution in [0, 0.1) is 0 Å². The molecule has 4 nitrogen and oxygen atoms in total. The van der Waals surface area contributed by atoms with Gasteiger partial charge in [-0.1, -0.05) is 18.2 Å². The Morgan fingerprint density at radius 3 is 2.67 bits per heavy atom. The van der Waals surface area contributed by atoms with E-state index in [4.69, 9.17) is 4.74 Å². The highest BCUT2D eigenvalue weighted by atomic mass is 16.5. The van der Waals surface area contributed by atoms with Gasteiger partial charge in [-0.15, -0.1) is 0 Å². The Hall–Kier alpha value is -2.10. The summed E-state index contributed by atoms with van der Waals surface area (Å²) in [5.41, 5.74) is 4.45. The lowest BCUT2D eigenvalue weighted by Crippen LogP contribution is -2.24. The highest BCUT2D eigenvalue weighted by Crippen LogP contribution is 2.13. The third-order valence-corrected chi connectivity index (χ3v) is 2.59. The van der Waals surface area contributed by atoms with E-state index in [1.54, 1.807) is 0 Å². The van der Waals surface area contributed by atoms with E-state index in [0.29, 0.717) is 19.4 Å². The first-order valence-corrected chi connectivity index (χ1v) is 6.04. The van der Waals surface area contributed by atoms with Crippen molar-refractivity contribution in [2.45, 2.75) is 19.8 Å². The van der Waals surface area contributed by atoms with Gasteiger partial charge in [0.2, 0.25) is 5.91 Å². The molecule has 0 aliphatic carbocycles. The monoisotopic (exact) mass is 244 g/mol. The number of benzene rings is 1. The van der Waals surface area contributed by atoms with Crippen molar-refractivity contribution in [3.8, 4) is 5.75 Å². The standard InChI is InChI=1S/C14H16N2O2/c1-2-18-13-8-4-11(5-9-13)3-6-12-7-10-14(17)16-15-12/h3-6,8-9H,2,7,10H2,1H3,(H,16,17). The Kier molecular flexibility index (Phi) is 4.12. The van der Waals surface area contributed by atoms with Crippen molar-refractivity contribution in [3.63, 3.8) is 0 Å². The van der Waals surface area contributed by atoms with E-state index in [1.807, 2.05) is 43.3 Å². The molecule has 0 spiro atoms. The van der Waals surface area contributed by atoms with Gasteiger partial charge in [0.05, 0.1) is 12.3 Å². The maximum atomic E-state index is 10.9. The molecule has 4 heteroatoms. The first-order valence-electron chi connectivity index (χ1n) is 6.04. The van der Waals surface area contributed by atoms with E-state index in [0.717, 1.165) is 17.0 Å². The Labute approximate surface area is 106 Å². The normalized spacial score (nSPS) is 15.4. The summed E-state index contributed by atoms with van der Waals surface area (Å²) in [4.78, 5) is 10.9. The number of hydrogen-bond donors (Lipinski definition) is 1. The Balaban J connectivity index is 1.98. The minimum absolute atomic E-state index is 0.0202. The molecule has 1 N–H and O–H groups in total. The molecule has 1 aromatic carbocycles. The van der Waals surface area contributed by atoms with Gasteiger partial charge in [0.25, 0.3) is 0 Å². The van der Waals surface area contributed by atoms with Crippen molar-refractivity contribution in [2.24, 2.45) is 5.10 Å². The maximum absolute atomic E-state index is 10.9. The first-order chi connectivity index (χ1) is 8.78. The van der Waals surface area contributed by atoms with Gasteiger partial charge in [-0.05, 0) is 30.7 Å². The van der Waals surface area contributed by atoms with Crippen LogP contribution in [0.1, 0.15) is 25.3 Å². The van der Waals surface area contributed by atoms with Crippen LogP contribution in [-0.2, 0) is 4.79 Å². The molecular formula is C14H16N2O2. The average molecular weight is 244 g/mol. The lowest BCUT2D eigenvalue weighted by molar-refractivity contribution is -0.121. The van der Waals surface area contributed by atoms with Gasteiger partial charge >= 0.3 is 0 Å². The fourth-order valence-corrected chi connectivity index (χ4v) is 1.64. The number of rotatable bonds is 4. The van der Waals surface area contributed by atoms with Gasteiger partial charge in [-0.2, -0.15) is 5.10 Å². The van der Waals surface area contributed by atoms with Crippen LogP contribution in [0.3, 0.4) is 0 Å². The quantitative estimate of drug-likeness (QED) is 0.884. The molecule has 1 aliphatic rings. The second kappa shape index (κ2) is 6.00. The van der Waals surface area contributed by atoms with Gasteiger partial charge in [-0.25, -0.2) is 5.43 Å². The lowest BCUT2D eigenvalue weighted by atomic mass is 10.1. The topological polar surface area (TPSA) is 50.7 Å². The summed E-state index contributed by atoms with van der Waals surface area (Å²) >= 11 is 0. The smallest absolute Gasteiger partial charge is 0.240 e. The van der Waals surface area contributed by atoms with Crippen molar-refractivity contribution >= 4 is 17.7 Å². The van der Waals surface area contributed by atoms with E-state index in [2.05, 4.69) is 10.5 Å². The Bertz CT molecular complexity index is 475. The predicted molar refractivity (Wildman–Crippen MR) is 71.5 cm³/mol. The molecule has 18 heavy (non-hydrogen) atoms. The number of ether oxygens (including phenoxy) is 1. The van der Waals surface area contributed by atoms with Crippen LogP contribution < -0.4 is 10.2 Å². The molecule has 1 aliphatic heterocycles. The van der Waals surface area contributed by atoms with Gasteiger partial charge in [0.1, 0.15) is 5.75 Å². The zero-order chi connectivity index (χ0) is 12.8. The minimum Gasteiger partial charge on any atom is -0.494 e. The number of carbonyl (C=O) groups is 1. The molecule has 94 valence electrons. The van der Waals surface area contributed by atoms with Crippen molar-refractivity contribution < 1.29 is 9.53 Å². The van der Waals surface area contributed by atoms with E-state index in [1.165, 1.54) is 0 Å². The summed E-state index contributed by atoms with van der Waals surface area (Å²) in [6, 6.07) is 7.86. The number of hydrazone groups is 1. The van der Waals surface area contributed by atoms with Crippen LogP contribution in [0.4, 0.5) is 0 Å². The molecule has 0 aromatic heterocycles. The molecule has 0 radical (unpaired) electrons.